The van der Waals surface area contributed by atoms with Crippen LogP contribution in [0.5, 0.6) is 0 Å². The molecule has 1 heterocycles. The number of hydrogen-bond donors (Lipinski definition) is 1. The topological polar surface area (TPSA) is 37.3 Å². The molecule has 2 aromatic carbocycles. The molecule has 0 saturated heterocycles. The first-order chi connectivity index (χ1) is 11.1. The number of benzene rings is 2. The molecule has 0 fully saturated rings. The molecule has 23 heavy (non-hydrogen) atoms. The van der Waals surface area contributed by atoms with Crippen LogP contribution in [0, 0.1) is 11.6 Å². The smallest absolute Gasteiger partial charge is 0.203 e. The Bertz CT molecular complexity index is 864. The highest BCUT2D eigenvalue weighted by atomic mass is 79.9. The second kappa shape index (κ2) is 6.97. The molecule has 0 spiro atoms. The van der Waals surface area contributed by atoms with E-state index in [9.17, 15) is 8.78 Å². The van der Waals surface area contributed by atoms with Gasteiger partial charge in [-0.1, -0.05) is 34.1 Å². The number of anilines is 1. The third-order valence-electron chi connectivity index (χ3n) is 2.94. The lowest BCUT2D eigenvalue weighted by Gasteiger charge is -1.97. The number of hydrogen-bond acceptors (Lipinski definition) is 4. The Morgan fingerprint density at radius 1 is 1.13 bits per heavy atom. The molecule has 0 radical (unpaired) electrons. The van der Waals surface area contributed by atoms with Crippen molar-refractivity contribution in [1.82, 2.24) is 4.98 Å². The van der Waals surface area contributed by atoms with Crippen LogP contribution in [-0.2, 0) is 0 Å². The first-order valence-corrected chi connectivity index (χ1v) is 8.25. The predicted molar refractivity (Wildman–Crippen MR) is 92.8 cm³/mol. The van der Waals surface area contributed by atoms with Crippen molar-refractivity contribution in [3.8, 4) is 11.3 Å². The molecule has 3 nitrogen and oxygen atoms in total. The quantitative estimate of drug-likeness (QED) is 0.482. The Labute approximate surface area is 143 Å². The Balaban J connectivity index is 1.69. The average molecular weight is 394 g/mol. The second-order valence-corrected chi connectivity index (χ2v) is 6.37. The summed E-state index contributed by atoms with van der Waals surface area (Å²) in [4.78, 5) is 4.42. The minimum Gasteiger partial charge on any atom is -0.253 e. The summed E-state index contributed by atoms with van der Waals surface area (Å²) in [5.41, 5.74) is 5.07. The highest BCUT2D eigenvalue weighted by Crippen LogP contribution is 2.26. The molecule has 1 N–H and O–H groups in total. The minimum absolute atomic E-state index is 0.458. The SMILES string of the molecule is Fc1ccc(/C=N/Nc2nc(-c3cccc(Br)c3)cs2)cc1F. The fourth-order valence-corrected chi connectivity index (χ4v) is 2.93. The van der Waals surface area contributed by atoms with Gasteiger partial charge in [0.05, 0.1) is 11.9 Å². The predicted octanol–water partition coefficient (Wildman–Crippen LogP) is 5.30. The van der Waals surface area contributed by atoms with E-state index in [0.29, 0.717) is 10.7 Å². The molecule has 0 saturated carbocycles. The molecule has 7 heteroatoms. The van der Waals surface area contributed by atoms with Crippen molar-refractivity contribution in [2.24, 2.45) is 5.10 Å². The summed E-state index contributed by atoms with van der Waals surface area (Å²) in [6.07, 6.45) is 1.41. The van der Waals surface area contributed by atoms with E-state index < -0.39 is 11.6 Å². The lowest BCUT2D eigenvalue weighted by atomic mass is 10.2. The summed E-state index contributed by atoms with van der Waals surface area (Å²) in [7, 11) is 0. The molecule has 1 aromatic heterocycles. The zero-order chi connectivity index (χ0) is 16.2. The summed E-state index contributed by atoms with van der Waals surface area (Å²) in [5, 5.41) is 6.51. The first-order valence-electron chi connectivity index (χ1n) is 6.57. The van der Waals surface area contributed by atoms with Crippen LogP contribution in [0.3, 0.4) is 0 Å². The van der Waals surface area contributed by atoms with Gasteiger partial charge in [0, 0.05) is 15.4 Å². The van der Waals surface area contributed by atoms with Gasteiger partial charge in [0.25, 0.3) is 0 Å². The normalized spacial score (nSPS) is 11.1. The van der Waals surface area contributed by atoms with E-state index in [4.69, 9.17) is 0 Å². The van der Waals surface area contributed by atoms with Gasteiger partial charge in [-0.25, -0.2) is 13.8 Å². The van der Waals surface area contributed by atoms with E-state index in [0.717, 1.165) is 27.9 Å². The number of rotatable bonds is 4. The fourth-order valence-electron chi connectivity index (χ4n) is 1.86. The number of halogens is 3. The maximum absolute atomic E-state index is 13.1. The van der Waals surface area contributed by atoms with E-state index in [1.54, 1.807) is 0 Å². The van der Waals surface area contributed by atoms with Crippen LogP contribution in [-0.4, -0.2) is 11.2 Å². The Kier molecular flexibility index (Phi) is 4.78. The number of aromatic nitrogens is 1. The summed E-state index contributed by atoms with van der Waals surface area (Å²) >= 11 is 4.83. The van der Waals surface area contributed by atoms with Crippen LogP contribution in [0.2, 0.25) is 0 Å². The molecule has 3 rings (SSSR count). The van der Waals surface area contributed by atoms with Gasteiger partial charge in [0.1, 0.15) is 0 Å². The molecule has 0 aliphatic heterocycles. The largest absolute Gasteiger partial charge is 0.253 e. The third-order valence-corrected chi connectivity index (χ3v) is 4.18. The standard InChI is InChI=1S/C16H10BrF2N3S/c17-12-3-1-2-11(7-12)15-9-23-16(21-15)22-20-8-10-4-5-13(18)14(19)6-10/h1-9H,(H,21,22)/b20-8+. The molecular formula is C16H10BrF2N3S. The van der Waals surface area contributed by atoms with E-state index in [-0.39, 0.29) is 0 Å². The number of hydrazone groups is 1. The number of nitrogens with one attached hydrogen (secondary N) is 1. The molecule has 0 bridgehead atoms. The number of nitrogens with zero attached hydrogens (tertiary/aromatic N) is 2. The van der Waals surface area contributed by atoms with Gasteiger partial charge >= 0.3 is 0 Å². The van der Waals surface area contributed by atoms with Crippen molar-refractivity contribution < 1.29 is 8.78 Å². The van der Waals surface area contributed by atoms with Gasteiger partial charge in [0.2, 0.25) is 5.13 Å². The third kappa shape index (κ3) is 4.00. The summed E-state index contributed by atoms with van der Waals surface area (Å²) in [6, 6.07) is 11.4. The van der Waals surface area contributed by atoms with Gasteiger partial charge in [-0.3, -0.25) is 5.43 Å². The van der Waals surface area contributed by atoms with Crippen molar-refractivity contribution in [1.29, 1.82) is 0 Å². The highest BCUT2D eigenvalue weighted by molar-refractivity contribution is 9.10. The van der Waals surface area contributed by atoms with Crippen LogP contribution in [0.25, 0.3) is 11.3 Å². The van der Waals surface area contributed by atoms with Crippen molar-refractivity contribution in [2.45, 2.75) is 0 Å². The van der Waals surface area contributed by atoms with Crippen molar-refractivity contribution >= 4 is 38.6 Å². The van der Waals surface area contributed by atoms with Crippen molar-refractivity contribution in [3.05, 3.63) is 69.5 Å². The molecule has 0 aliphatic carbocycles. The van der Waals surface area contributed by atoms with Crippen LogP contribution >= 0.6 is 27.3 Å². The Morgan fingerprint density at radius 2 is 2.00 bits per heavy atom. The number of thiazole rings is 1. The van der Waals surface area contributed by atoms with Crippen LogP contribution in [0.1, 0.15) is 5.56 Å². The monoisotopic (exact) mass is 393 g/mol. The summed E-state index contributed by atoms with van der Waals surface area (Å²) in [5.74, 6) is -1.78. The average Bonchev–Trinajstić information content (AvgIpc) is 3.00. The molecule has 0 aliphatic rings. The van der Waals surface area contributed by atoms with Gasteiger partial charge in [-0.15, -0.1) is 11.3 Å². The fraction of sp³-hybridized carbons (Fsp3) is 0. The molecule has 0 amide bonds. The molecule has 0 unspecified atom stereocenters. The highest BCUT2D eigenvalue weighted by Gasteiger charge is 2.04. The van der Waals surface area contributed by atoms with Crippen LogP contribution in [0.4, 0.5) is 13.9 Å². The molecule has 116 valence electrons. The minimum atomic E-state index is -0.903. The Morgan fingerprint density at radius 3 is 2.78 bits per heavy atom. The first kappa shape index (κ1) is 15.8. The van der Waals surface area contributed by atoms with Gasteiger partial charge < -0.3 is 0 Å². The van der Waals surface area contributed by atoms with E-state index in [1.165, 1.54) is 23.6 Å². The summed E-state index contributed by atoms with van der Waals surface area (Å²) < 4.78 is 26.9. The van der Waals surface area contributed by atoms with E-state index in [2.05, 4.69) is 31.4 Å². The lowest BCUT2D eigenvalue weighted by Crippen LogP contribution is -1.92. The van der Waals surface area contributed by atoms with Crippen molar-refractivity contribution in [3.63, 3.8) is 0 Å². The summed E-state index contributed by atoms with van der Waals surface area (Å²) in [6.45, 7) is 0. The second-order valence-electron chi connectivity index (χ2n) is 4.59. The van der Waals surface area contributed by atoms with Gasteiger partial charge in [-0.05, 0) is 29.8 Å². The maximum Gasteiger partial charge on any atom is 0.203 e. The molecule has 0 atom stereocenters. The van der Waals surface area contributed by atoms with Crippen molar-refractivity contribution in [2.75, 3.05) is 5.43 Å². The van der Waals surface area contributed by atoms with E-state index >= 15 is 0 Å². The molecular weight excluding hydrogens is 384 g/mol. The van der Waals surface area contributed by atoms with E-state index in [1.807, 2.05) is 29.6 Å². The zero-order valence-corrected chi connectivity index (χ0v) is 14.0. The lowest BCUT2D eigenvalue weighted by molar-refractivity contribution is 0.508. The Hall–Kier alpha value is -2.12. The van der Waals surface area contributed by atoms with Crippen LogP contribution in [0.15, 0.2) is 57.4 Å². The maximum atomic E-state index is 13.1. The van der Waals surface area contributed by atoms with Gasteiger partial charge in [0.15, 0.2) is 11.6 Å². The molecule has 3 aromatic rings. The van der Waals surface area contributed by atoms with Crippen LogP contribution < -0.4 is 5.43 Å². The van der Waals surface area contributed by atoms with Gasteiger partial charge in [-0.2, -0.15) is 5.10 Å². The zero-order valence-electron chi connectivity index (χ0n) is 11.6.